The first-order valence-corrected chi connectivity index (χ1v) is 4.79. The van der Waals surface area contributed by atoms with Gasteiger partial charge in [0.05, 0.1) is 4.92 Å². The SMILES string of the molecule is CC(C)n1cc(Br)cc([N+](=O)[O-])c1=O. The maximum atomic E-state index is 11.5. The van der Waals surface area contributed by atoms with Crippen molar-refractivity contribution in [3.63, 3.8) is 0 Å². The normalized spacial score (nSPS) is 10.6. The molecule has 0 radical (unpaired) electrons. The van der Waals surface area contributed by atoms with Crippen molar-refractivity contribution < 1.29 is 4.92 Å². The Morgan fingerprint density at radius 3 is 2.57 bits per heavy atom. The summed E-state index contributed by atoms with van der Waals surface area (Å²) in [5.41, 5.74) is -0.985. The molecule has 0 aromatic carbocycles. The molecule has 14 heavy (non-hydrogen) atoms. The molecular formula is C8H9BrN2O3. The Labute approximate surface area is 88.6 Å². The molecule has 0 aliphatic carbocycles. The number of halogens is 1. The van der Waals surface area contributed by atoms with Gasteiger partial charge >= 0.3 is 11.2 Å². The summed E-state index contributed by atoms with van der Waals surface area (Å²) < 4.78 is 1.85. The number of rotatable bonds is 2. The first-order valence-electron chi connectivity index (χ1n) is 3.99. The van der Waals surface area contributed by atoms with Crippen molar-refractivity contribution in [3.8, 4) is 0 Å². The third kappa shape index (κ3) is 2.01. The Morgan fingerprint density at radius 1 is 1.57 bits per heavy atom. The summed E-state index contributed by atoms with van der Waals surface area (Å²) in [5.74, 6) is 0. The molecule has 0 amide bonds. The van der Waals surface area contributed by atoms with Crippen molar-refractivity contribution >= 4 is 21.6 Å². The lowest BCUT2D eigenvalue weighted by Crippen LogP contribution is -2.23. The van der Waals surface area contributed by atoms with Crippen LogP contribution in [-0.2, 0) is 0 Å². The molecule has 1 aromatic heterocycles. The number of pyridine rings is 1. The van der Waals surface area contributed by atoms with Gasteiger partial charge < -0.3 is 4.57 Å². The van der Waals surface area contributed by atoms with Gasteiger partial charge in [0.1, 0.15) is 0 Å². The summed E-state index contributed by atoms with van der Waals surface area (Å²) in [6.07, 6.45) is 1.54. The van der Waals surface area contributed by atoms with Gasteiger partial charge in [0, 0.05) is 22.8 Å². The van der Waals surface area contributed by atoms with Crippen LogP contribution < -0.4 is 5.56 Å². The standard InChI is InChI=1S/C8H9BrN2O3/c1-5(2)10-4-6(9)3-7(8(10)12)11(13)14/h3-5H,1-2H3. The average Bonchev–Trinajstić information content (AvgIpc) is 2.07. The summed E-state index contributed by atoms with van der Waals surface area (Å²) >= 11 is 3.12. The van der Waals surface area contributed by atoms with Crippen LogP contribution >= 0.6 is 15.9 Å². The molecule has 0 N–H and O–H groups in total. The molecule has 1 rings (SSSR count). The van der Waals surface area contributed by atoms with Gasteiger partial charge in [0.25, 0.3) is 0 Å². The van der Waals surface area contributed by atoms with Crippen LogP contribution in [0.1, 0.15) is 19.9 Å². The third-order valence-corrected chi connectivity index (χ3v) is 2.18. The lowest BCUT2D eigenvalue weighted by molar-refractivity contribution is -0.386. The second-order valence-corrected chi connectivity index (χ2v) is 4.02. The van der Waals surface area contributed by atoms with Crippen LogP contribution in [0.15, 0.2) is 21.5 Å². The van der Waals surface area contributed by atoms with Crippen molar-refractivity contribution in [2.75, 3.05) is 0 Å². The molecule has 0 aliphatic rings. The molecule has 0 bridgehead atoms. The van der Waals surface area contributed by atoms with Crippen molar-refractivity contribution in [1.82, 2.24) is 4.57 Å². The summed E-state index contributed by atoms with van der Waals surface area (Å²) in [7, 11) is 0. The fourth-order valence-electron chi connectivity index (χ4n) is 1.07. The summed E-state index contributed by atoms with van der Waals surface area (Å²) in [4.78, 5) is 21.4. The van der Waals surface area contributed by atoms with E-state index < -0.39 is 16.2 Å². The van der Waals surface area contributed by atoms with E-state index in [0.29, 0.717) is 4.47 Å². The predicted octanol–water partition coefficient (Wildman–Crippen LogP) is 2.10. The fraction of sp³-hybridized carbons (Fsp3) is 0.375. The maximum absolute atomic E-state index is 11.5. The summed E-state index contributed by atoms with van der Waals surface area (Å²) in [6.45, 7) is 3.58. The van der Waals surface area contributed by atoms with Gasteiger partial charge in [-0.15, -0.1) is 0 Å². The predicted molar refractivity (Wildman–Crippen MR) is 55.4 cm³/mol. The highest BCUT2D eigenvalue weighted by Gasteiger charge is 2.16. The smallest absolute Gasteiger partial charge is 0.306 e. The van der Waals surface area contributed by atoms with E-state index in [1.165, 1.54) is 10.6 Å². The minimum Gasteiger partial charge on any atom is -0.306 e. The topological polar surface area (TPSA) is 65.1 Å². The second-order valence-electron chi connectivity index (χ2n) is 3.11. The van der Waals surface area contributed by atoms with Crippen LogP contribution in [0, 0.1) is 10.1 Å². The Balaban J connectivity index is 3.48. The largest absolute Gasteiger partial charge is 0.335 e. The fourth-order valence-corrected chi connectivity index (χ4v) is 1.51. The first kappa shape index (κ1) is 10.9. The summed E-state index contributed by atoms with van der Waals surface area (Å²) in [5, 5.41) is 10.5. The summed E-state index contributed by atoms with van der Waals surface area (Å²) in [6, 6.07) is 1.11. The minimum absolute atomic E-state index is 0.0984. The van der Waals surface area contributed by atoms with Gasteiger partial charge in [-0.2, -0.15) is 0 Å². The molecule has 5 nitrogen and oxygen atoms in total. The Bertz CT molecular complexity index is 425. The number of aromatic nitrogens is 1. The van der Waals surface area contributed by atoms with Crippen molar-refractivity contribution in [2.24, 2.45) is 0 Å². The number of nitrogens with zero attached hydrogens (tertiary/aromatic N) is 2. The molecule has 0 spiro atoms. The zero-order valence-corrected chi connectivity index (χ0v) is 9.32. The zero-order valence-electron chi connectivity index (χ0n) is 7.73. The lowest BCUT2D eigenvalue weighted by atomic mass is 10.3. The quantitative estimate of drug-likeness (QED) is 0.604. The van der Waals surface area contributed by atoms with Gasteiger partial charge in [0.2, 0.25) is 0 Å². The molecule has 0 unspecified atom stereocenters. The van der Waals surface area contributed by atoms with E-state index in [2.05, 4.69) is 15.9 Å². The van der Waals surface area contributed by atoms with E-state index in [-0.39, 0.29) is 6.04 Å². The molecule has 0 saturated heterocycles. The van der Waals surface area contributed by atoms with Crippen molar-refractivity contribution in [1.29, 1.82) is 0 Å². The van der Waals surface area contributed by atoms with E-state index in [0.717, 1.165) is 0 Å². The highest BCUT2D eigenvalue weighted by molar-refractivity contribution is 9.10. The van der Waals surface area contributed by atoms with Gasteiger partial charge in [-0.3, -0.25) is 14.9 Å². The first-order chi connectivity index (χ1) is 6.43. The van der Waals surface area contributed by atoms with Crippen LogP contribution in [0.25, 0.3) is 0 Å². The molecule has 0 atom stereocenters. The van der Waals surface area contributed by atoms with Crippen LogP contribution in [0.4, 0.5) is 5.69 Å². The molecule has 0 fully saturated rings. The monoisotopic (exact) mass is 260 g/mol. The van der Waals surface area contributed by atoms with E-state index in [1.807, 2.05) is 0 Å². The molecule has 6 heteroatoms. The van der Waals surface area contributed by atoms with E-state index >= 15 is 0 Å². The second kappa shape index (κ2) is 3.91. The highest BCUT2D eigenvalue weighted by atomic mass is 79.9. The van der Waals surface area contributed by atoms with Gasteiger partial charge in [0.15, 0.2) is 0 Å². The van der Waals surface area contributed by atoms with Crippen molar-refractivity contribution in [2.45, 2.75) is 19.9 Å². The number of hydrogen-bond acceptors (Lipinski definition) is 3. The third-order valence-electron chi connectivity index (χ3n) is 1.74. The maximum Gasteiger partial charge on any atom is 0.335 e. The van der Waals surface area contributed by atoms with Crippen LogP contribution in [-0.4, -0.2) is 9.49 Å². The molecule has 0 aliphatic heterocycles. The van der Waals surface area contributed by atoms with E-state index in [1.54, 1.807) is 20.0 Å². The van der Waals surface area contributed by atoms with E-state index in [9.17, 15) is 14.9 Å². The van der Waals surface area contributed by atoms with E-state index in [4.69, 9.17) is 0 Å². The highest BCUT2D eigenvalue weighted by Crippen LogP contribution is 2.15. The molecule has 1 aromatic rings. The molecule has 1 heterocycles. The number of hydrogen-bond donors (Lipinski definition) is 0. The Kier molecular flexibility index (Phi) is 3.05. The van der Waals surface area contributed by atoms with Gasteiger partial charge in [-0.1, -0.05) is 0 Å². The Hall–Kier alpha value is -1.17. The average molecular weight is 261 g/mol. The zero-order chi connectivity index (χ0) is 10.9. The molecule has 76 valence electrons. The van der Waals surface area contributed by atoms with Crippen LogP contribution in [0.3, 0.4) is 0 Å². The molecule has 0 saturated carbocycles. The Morgan fingerprint density at radius 2 is 2.14 bits per heavy atom. The number of nitro groups is 1. The van der Waals surface area contributed by atoms with Crippen molar-refractivity contribution in [3.05, 3.63) is 37.2 Å². The molecular weight excluding hydrogens is 252 g/mol. The van der Waals surface area contributed by atoms with Crippen LogP contribution in [0.5, 0.6) is 0 Å². The lowest BCUT2D eigenvalue weighted by Gasteiger charge is -2.09. The van der Waals surface area contributed by atoms with Gasteiger partial charge in [-0.05, 0) is 29.8 Å². The van der Waals surface area contributed by atoms with Gasteiger partial charge in [-0.25, -0.2) is 0 Å². The van der Waals surface area contributed by atoms with Crippen LogP contribution in [0.2, 0.25) is 0 Å². The minimum atomic E-state index is -0.675.